The standard InChI is InChI=1S/C29H33ClN2O4/c1-22(2)35-19-11-18-31-29(34)28(24-14-7-4-8-15-24)32(20-23-12-5-3-6-13-23)27(33)21-36-26-17-10-9-16-25(26)30/h3-10,12-17,22,28H,11,18-21H2,1-2H3,(H,31,34). The van der Waals surface area contributed by atoms with E-state index in [-0.39, 0.29) is 31.1 Å². The largest absolute Gasteiger partial charge is 0.482 e. The minimum absolute atomic E-state index is 0.134. The molecule has 0 fully saturated rings. The van der Waals surface area contributed by atoms with Crippen molar-refractivity contribution in [1.82, 2.24) is 10.2 Å². The van der Waals surface area contributed by atoms with E-state index in [4.69, 9.17) is 21.1 Å². The number of rotatable bonds is 13. The molecule has 7 heteroatoms. The molecule has 0 aliphatic rings. The Labute approximate surface area is 218 Å². The van der Waals surface area contributed by atoms with Crippen molar-refractivity contribution >= 4 is 23.4 Å². The molecule has 0 saturated heterocycles. The molecule has 0 aromatic heterocycles. The van der Waals surface area contributed by atoms with Crippen LogP contribution in [0.15, 0.2) is 84.9 Å². The first-order valence-corrected chi connectivity index (χ1v) is 12.5. The number of carbonyl (C=O) groups is 2. The van der Waals surface area contributed by atoms with Crippen molar-refractivity contribution in [2.24, 2.45) is 0 Å². The van der Waals surface area contributed by atoms with Crippen molar-refractivity contribution < 1.29 is 19.1 Å². The molecule has 1 N–H and O–H groups in total. The van der Waals surface area contributed by atoms with Crippen molar-refractivity contribution in [3.63, 3.8) is 0 Å². The smallest absolute Gasteiger partial charge is 0.261 e. The van der Waals surface area contributed by atoms with E-state index in [1.165, 1.54) is 0 Å². The number of halogens is 1. The van der Waals surface area contributed by atoms with Crippen LogP contribution in [0, 0.1) is 0 Å². The molecule has 2 amide bonds. The summed E-state index contributed by atoms with van der Waals surface area (Å²) >= 11 is 6.20. The van der Waals surface area contributed by atoms with E-state index in [0.717, 1.165) is 11.1 Å². The zero-order valence-electron chi connectivity index (χ0n) is 20.7. The van der Waals surface area contributed by atoms with E-state index in [2.05, 4.69) is 5.32 Å². The maximum absolute atomic E-state index is 13.6. The summed E-state index contributed by atoms with van der Waals surface area (Å²) in [6.45, 7) is 4.93. The van der Waals surface area contributed by atoms with Crippen molar-refractivity contribution in [3.8, 4) is 5.75 Å². The van der Waals surface area contributed by atoms with Crippen LogP contribution in [0.5, 0.6) is 5.75 Å². The number of nitrogens with one attached hydrogen (secondary N) is 1. The molecule has 0 radical (unpaired) electrons. The molecule has 0 heterocycles. The highest BCUT2D eigenvalue weighted by molar-refractivity contribution is 6.32. The van der Waals surface area contributed by atoms with E-state index >= 15 is 0 Å². The van der Waals surface area contributed by atoms with E-state index in [1.54, 1.807) is 29.2 Å². The Bertz CT molecular complexity index is 1090. The van der Waals surface area contributed by atoms with Crippen molar-refractivity contribution in [2.45, 2.75) is 39.0 Å². The van der Waals surface area contributed by atoms with Crippen LogP contribution in [0.4, 0.5) is 0 Å². The van der Waals surface area contributed by atoms with Gasteiger partial charge in [0.05, 0.1) is 11.1 Å². The highest BCUT2D eigenvalue weighted by atomic mass is 35.5. The van der Waals surface area contributed by atoms with Gasteiger partial charge in [0.25, 0.3) is 5.91 Å². The number of nitrogens with zero attached hydrogens (tertiary/aromatic N) is 1. The van der Waals surface area contributed by atoms with Crippen molar-refractivity contribution in [1.29, 1.82) is 0 Å². The van der Waals surface area contributed by atoms with Crippen LogP contribution in [-0.2, 0) is 20.9 Å². The van der Waals surface area contributed by atoms with Crippen LogP contribution in [0.1, 0.15) is 37.4 Å². The number of ether oxygens (including phenoxy) is 2. The van der Waals surface area contributed by atoms with Gasteiger partial charge in [-0.15, -0.1) is 0 Å². The second-order valence-corrected chi connectivity index (χ2v) is 9.01. The quantitative estimate of drug-likeness (QED) is 0.313. The average Bonchev–Trinajstić information content (AvgIpc) is 2.88. The molecule has 3 rings (SSSR count). The zero-order valence-corrected chi connectivity index (χ0v) is 21.5. The van der Waals surface area contributed by atoms with Crippen LogP contribution in [0.3, 0.4) is 0 Å². The van der Waals surface area contributed by atoms with E-state index in [0.29, 0.717) is 30.3 Å². The highest BCUT2D eigenvalue weighted by Crippen LogP contribution is 2.26. The Kier molecular flexibility index (Phi) is 10.8. The molecule has 36 heavy (non-hydrogen) atoms. The monoisotopic (exact) mass is 508 g/mol. The Morgan fingerprint density at radius 1 is 0.917 bits per heavy atom. The van der Waals surface area contributed by atoms with Crippen LogP contribution in [-0.4, -0.2) is 42.6 Å². The van der Waals surface area contributed by atoms with Gasteiger partial charge in [-0.05, 0) is 43.5 Å². The fourth-order valence-corrected chi connectivity index (χ4v) is 3.89. The van der Waals surface area contributed by atoms with Gasteiger partial charge in [0.1, 0.15) is 11.8 Å². The molecular weight excluding hydrogens is 476 g/mol. The predicted octanol–water partition coefficient (Wildman–Crippen LogP) is 5.42. The molecule has 190 valence electrons. The maximum atomic E-state index is 13.6. The van der Waals surface area contributed by atoms with Gasteiger partial charge in [-0.2, -0.15) is 0 Å². The summed E-state index contributed by atoms with van der Waals surface area (Å²) in [5, 5.41) is 3.40. The molecule has 0 saturated carbocycles. The SMILES string of the molecule is CC(C)OCCCNC(=O)C(c1ccccc1)N(Cc1ccccc1)C(=O)COc1ccccc1Cl. The van der Waals surface area contributed by atoms with Gasteiger partial charge in [0.2, 0.25) is 5.91 Å². The van der Waals surface area contributed by atoms with E-state index in [9.17, 15) is 9.59 Å². The van der Waals surface area contributed by atoms with E-state index < -0.39 is 6.04 Å². The predicted molar refractivity (Wildman–Crippen MR) is 142 cm³/mol. The third-order valence-corrected chi connectivity index (χ3v) is 5.76. The van der Waals surface area contributed by atoms with Gasteiger partial charge in [-0.25, -0.2) is 0 Å². The van der Waals surface area contributed by atoms with Gasteiger partial charge in [0.15, 0.2) is 6.61 Å². The maximum Gasteiger partial charge on any atom is 0.261 e. The van der Waals surface area contributed by atoms with Crippen LogP contribution >= 0.6 is 11.6 Å². The number of para-hydroxylation sites is 1. The summed E-state index contributed by atoms with van der Waals surface area (Å²) in [5.74, 6) is -0.170. The first-order valence-electron chi connectivity index (χ1n) is 12.1. The fraction of sp³-hybridized carbons (Fsp3) is 0.310. The topological polar surface area (TPSA) is 67.9 Å². The first-order chi connectivity index (χ1) is 17.5. The van der Waals surface area contributed by atoms with Gasteiger partial charge in [-0.1, -0.05) is 84.4 Å². The average molecular weight is 509 g/mol. The van der Waals surface area contributed by atoms with Crippen molar-refractivity contribution in [3.05, 3.63) is 101 Å². The van der Waals surface area contributed by atoms with Crippen LogP contribution in [0.2, 0.25) is 5.02 Å². The molecule has 1 unspecified atom stereocenters. The summed E-state index contributed by atoms with van der Waals surface area (Å²) in [6, 6.07) is 25.0. The molecule has 6 nitrogen and oxygen atoms in total. The Balaban J connectivity index is 1.83. The third-order valence-electron chi connectivity index (χ3n) is 5.45. The molecule has 0 aliphatic heterocycles. The summed E-state index contributed by atoms with van der Waals surface area (Å²) in [5.41, 5.74) is 1.62. The molecule has 3 aromatic carbocycles. The van der Waals surface area contributed by atoms with Crippen LogP contribution < -0.4 is 10.1 Å². The van der Waals surface area contributed by atoms with E-state index in [1.807, 2.05) is 74.5 Å². The Hall–Kier alpha value is -3.35. The fourth-order valence-electron chi connectivity index (χ4n) is 3.70. The molecule has 0 spiro atoms. The second-order valence-electron chi connectivity index (χ2n) is 8.60. The van der Waals surface area contributed by atoms with Crippen LogP contribution in [0.25, 0.3) is 0 Å². The molecule has 0 aliphatic carbocycles. The van der Waals surface area contributed by atoms with Gasteiger partial charge in [-0.3, -0.25) is 9.59 Å². The normalized spacial score (nSPS) is 11.7. The summed E-state index contributed by atoms with van der Waals surface area (Å²) in [7, 11) is 0. The molecular formula is C29H33ClN2O4. The Morgan fingerprint density at radius 2 is 1.56 bits per heavy atom. The second kappa shape index (κ2) is 14.3. The first kappa shape index (κ1) is 27.2. The van der Waals surface area contributed by atoms with Crippen molar-refractivity contribution in [2.75, 3.05) is 19.8 Å². The minimum atomic E-state index is -0.834. The van der Waals surface area contributed by atoms with Gasteiger partial charge < -0.3 is 19.7 Å². The van der Waals surface area contributed by atoms with Gasteiger partial charge in [0, 0.05) is 19.7 Å². The number of benzene rings is 3. The molecule has 1 atom stereocenters. The highest BCUT2D eigenvalue weighted by Gasteiger charge is 2.31. The minimum Gasteiger partial charge on any atom is -0.482 e. The van der Waals surface area contributed by atoms with Gasteiger partial charge >= 0.3 is 0 Å². The summed E-state index contributed by atoms with van der Waals surface area (Å²) in [4.78, 5) is 28.6. The number of carbonyl (C=O) groups excluding carboxylic acids is 2. The zero-order chi connectivity index (χ0) is 25.8. The summed E-state index contributed by atoms with van der Waals surface area (Å²) in [6.07, 6.45) is 0.808. The number of hydrogen-bond acceptors (Lipinski definition) is 4. The molecule has 3 aromatic rings. The number of hydrogen-bond donors (Lipinski definition) is 1. The lowest BCUT2D eigenvalue weighted by atomic mass is 10.0. The molecule has 0 bridgehead atoms. The lowest BCUT2D eigenvalue weighted by Gasteiger charge is -2.31. The number of amides is 2. The summed E-state index contributed by atoms with van der Waals surface area (Å²) < 4.78 is 11.3. The lowest BCUT2D eigenvalue weighted by molar-refractivity contribution is -0.143. The third kappa shape index (κ3) is 8.40. The lowest BCUT2D eigenvalue weighted by Crippen LogP contribution is -2.45. The Morgan fingerprint density at radius 3 is 2.22 bits per heavy atom.